The first kappa shape index (κ1) is 21.7. The molecule has 0 atom stereocenters. The number of amides is 2. The third-order valence-corrected chi connectivity index (χ3v) is 6.09. The van der Waals surface area contributed by atoms with Crippen molar-refractivity contribution in [3.8, 4) is 17.0 Å². The summed E-state index contributed by atoms with van der Waals surface area (Å²) < 4.78 is 10.5. The first-order valence-electron chi connectivity index (χ1n) is 9.59. The number of para-hydroxylation sites is 1. The number of carbonyl (C=O) groups is 2. The minimum Gasteiger partial charge on any atom is -0.496 e. The average molecular weight is 466 g/mol. The summed E-state index contributed by atoms with van der Waals surface area (Å²) in [5, 5.41) is 8.01. The third-order valence-electron chi connectivity index (χ3n) is 4.34. The SMILES string of the molecule is COc1ccccc1-c1csc(NC(=O)CSc2cccc(NC(=O)c3ccco3)c2)n1. The Labute approximate surface area is 192 Å². The van der Waals surface area contributed by atoms with E-state index >= 15 is 0 Å². The van der Waals surface area contributed by atoms with Crippen LogP contribution in [0.15, 0.2) is 81.6 Å². The standard InChI is InChI=1S/C23H19N3O4S2/c1-29-19-9-3-2-8-17(19)18-13-32-23(25-18)26-21(27)14-31-16-7-4-6-15(12-16)24-22(28)20-10-5-11-30-20/h2-13H,14H2,1H3,(H,24,28)(H,25,26,27). The Balaban J connectivity index is 1.33. The highest BCUT2D eigenvalue weighted by Crippen LogP contribution is 2.32. The van der Waals surface area contributed by atoms with E-state index in [9.17, 15) is 9.59 Å². The topological polar surface area (TPSA) is 93.5 Å². The molecule has 4 aromatic rings. The van der Waals surface area contributed by atoms with Gasteiger partial charge in [-0.2, -0.15) is 0 Å². The predicted molar refractivity (Wildman–Crippen MR) is 127 cm³/mol. The van der Waals surface area contributed by atoms with Crippen molar-refractivity contribution in [2.75, 3.05) is 23.5 Å². The van der Waals surface area contributed by atoms with Crippen molar-refractivity contribution < 1.29 is 18.7 Å². The maximum Gasteiger partial charge on any atom is 0.291 e. The van der Waals surface area contributed by atoms with Gasteiger partial charge in [0.25, 0.3) is 5.91 Å². The van der Waals surface area contributed by atoms with E-state index in [1.807, 2.05) is 47.8 Å². The first-order chi connectivity index (χ1) is 15.6. The number of benzene rings is 2. The van der Waals surface area contributed by atoms with E-state index in [0.717, 1.165) is 21.9 Å². The van der Waals surface area contributed by atoms with Gasteiger partial charge in [0.1, 0.15) is 5.75 Å². The minimum absolute atomic E-state index is 0.166. The summed E-state index contributed by atoms with van der Waals surface area (Å²) in [6.45, 7) is 0. The lowest BCUT2D eigenvalue weighted by atomic mass is 10.1. The van der Waals surface area contributed by atoms with E-state index in [1.165, 1.54) is 29.4 Å². The minimum atomic E-state index is -0.329. The fraction of sp³-hybridized carbons (Fsp3) is 0.0870. The molecule has 7 nitrogen and oxygen atoms in total. The van der Waals surface area contributed by atoms with E-state index in [4.69, 9.17) is 9.15 Å². The molecule has 0 aliphatic carbocycles. The Kier molecular flexibility index (Phi) is 6.88. The average Bonchev–Trinajstić information content (AvgIpc) is 3.50. The molecule has 2 N–H and O–H groups in total. The summed E-state index contributed by atoms with van der Waals surface area (Å²) >= 11 is 2.72. The van der Waals surface area contributed by atoms with Crippen LogP contribution in [-0.4, -0.2) is 29.7 Å². The van der Waals surface area contributed by atoms with Gasteiger partial charge in [0.05, 0.1) is 24.8 Å². The maximum atomic E-state index is 12.4. The number of thioether (sulfide) groups is 1. The molecule has 0 fully saturated rings. The van der Waals surface area contributed by atoms with Crippen LogP contribution >= 0.6 is 23.1 Å². The number of nitrogens with zero attached hydrogens (tertiary/aromatic N) is 1. The first-order valence-corrected chi connectivity index (χ1v) is 11.5. The second kappa shape index (κ2) is 10.2. The molecule has 162 valence electrons. The van der Waals surface area contributed by atoms with Crippen molar-refractivity contribution in [2.24, 2.45) is 0 Å². The number of nitrogens with one attached hydrogen (secondary N) is 2. The molecule has 0 saturated heterocycles. The molecule has 2 aromatic carbocycles. The number of thiazole rings is 1. The van der Waals surface area contributed by atoms with Gasteiger partial charge < -0.3 is 19.8 Å². The molecule has 0 aliphatic rings. The number of furan rings is 1. The molecule has 0 radical (unpaired) electrons. The number of methoxy groups -OCH3 is 1. The molecule has 4 rings (SSSR count). The van der Waals surface area contributed by atoms with E-state index in [1.54, 1.807) is 25.3 Å². The lowest BCUT2D eigenvalue weighted by Crippen LogP contribution is -2.14. The summed E-state index contributed by atoms with van der Waals surface area (Å²) in [7, 11) is 1.61. The van der Waals surface area contributed by atoms with Gasteiger partial charge in [0.2, 0.25) is 5.91 Å². The van der Waals surface area contributed by atoms with Crippen molar-refractivity contribution in [2.45, 2.75) is 4.90 Å². The third kappa shape index (κ3) is 5.37. The van der Waals surface area contributed by atoms with Crippen molar-refractivity contribution in [1.82, 2.24) is 4.98 Å². The molecule has 32 heavy (non-hydrogen) atoms. The van der Waals surface area contributed by atoms with Crippen LogP contribution in [0.2, 0.25) is 0 Å². The highest BCUT2D eigenvalue weighted by molar-refractivity contribution is 8.00. The second-order valence-electron chi connectivity index (χ2n) is 6.53. The zero-order valence-corrected chi connectivity index (χ0v) is 18.7. The zero-order chi connectivity index (χ0) is 22.3. The lowest BCUT2D eigenvalue weighted by Gasteiger charge is -2.06. The molecule has 0 unspecified atom stereocenters. The summed E-state index contributed by atoms with van der Waals surface area (Å²) in [4.78, 5) is 29.9. The van der Waals surface area contributed by atoms with E-state index in [2.05, 4.69) is 15.6 Å². The van der Waals surface area contributed by atoms with Crippen molar-refractivity contribution in [3.63, 3.8) is 0 Å². The number of anilines is 2. The summed E-state index contributed by atoms with van der Waals surface area (Å²) in [6, 6.07) is 18.1. The fourth-order valence-electron chi connectivity index (χ4n) is 2.88. The monoisotopic (exact) mass is 465 g/mol. The van der Waals surface area contributed by atoms with Crippen LogP contribution in [0, 0.1) is 0 Å². The van der Waals surface area contributed by atoms with E-state index in [-0.39, 0.29) is 23.3 Å². The molecule has 0 bridgehead atoms. The fourth-order valence-corrected chi connectivity index (χ4v) is 4.36. The van der Waals surface area contributed by atoms with Gasteiger partial charge in [0, 0.05) is 21.5 Å². The van der Waals surface area contributed by atoms with Crippen molar-refractivity contribution >= 4 is 45.7 Å². The van der Waals surface area contributed by atoms with E-state index < -0.39 is 0 Å². The quantitative estimate of drug-likeness (QED) is 0.339. The number of carbonyl (C=O) groups excluding carboxylic acids is 2. The van der Waals surface area contributed by atoms with Crippen LogP contribution in [0.4, 0.5) is 10.8 Å². The molecular weight excluding hydrogens is 446 g/mol. The Morgan fingerprint density at radius 2 is 1.97 bits per heavy atom. The van der Waals surface area contributed by atoms with Crippen LogP contribution in [0.25, 0.3) is 11.3 Å². The predicted octanol–water partition coefficient (Wildman–Crippen LogP) is 5.39. The van der Waals surface area contributed by atoms with Crippen LogP contribution in [0.5, 0.6) is 5.75 Å². The number of hydrogen-bond donors (Lipinski definition) is 2. The van der Waals surface area contributed by atoms with Crippen LogP contribution in [-0.2, 0) is 4.79 Å². The lowest BCUT2D eigenvalue weighted by molar-refractivity contribution is -0.113. The molecule has 2 heterocycles. The number of ether oxygens (including phenoxy) is 1. The van der Waals surface area contributed by atoms with Gasteiger partial charge in [-0.05, 0) is 42.5 Å². The van der Waals surface area contributed by atoms with Gasteiger partial charge in [-0.15, -0.1) is 23.1 Å². The molecule has 0 spiro atoms. The largest absolute Gasteiger partial charge is 0.496 e. The van der Waals surface area contributed by atoms with Gasteiger partial charge in [-0.3, -0.25) is 9.59 Å². The molecule has 2 aromatic heterocycles. The Hall–Kier alpha value is -3.56. The Morgan fingerprint density at radius 1 is 1.09 bits per heavy atom. The molecular formula is C23H19N3O4S2. The van der Waals surface area contributed by atoms with Crippen LogP contribution in [0.3, 0.4) is 0 Å². The van der Waals surface area contributed by atoms with Crippen molar-refractivity contribution in [1.29, 1.82) is 0 Å². The summed E-state index contributed by atoms with van der Waals surface area (Å²) in [5.41, 5.74) is 2.24. The number of rotatable bonds is 8. The van der Waals surface area contributed by atoms with Crippen molar-refractivity contribution in [3.05, 3.63) is 78.1 Å². The number of aromatic nitrogens is 1. The molecule has 9 heteroatoms. The van der Waals surface area contributed by atoms with Gasteiger partial charge in [-0.1, -0.05) is 18.2 Å². The molecule has 0 aliphatic heterocycles. The highest BCUT2D eigenvalue weighted by atomic mass is 32.2. The zero-order valence-electron chi connectivity index (χ0n) is 17.0. The van der Waals surface area contributed by atoms with Gasteiger partial charge >= 0.3 is 0 Å². The second-order valence-corrected chi connectivity index (χ2v) is 8.44. The normalized spacial score (nSPS) is 10.5. The van der Waals surface area contributed by atoms with Gasteiger partial charge in [0.15, 0.2) is 10.9 Å². The van der Waals surface area contributed by atoms with Crippen LogP contribution < -0.4 is 15.4 Å². The summed E-state index contributed by atoms with van der Waals surface area (Å²) in [5.74, 6) is 0.674. The molecule has 2 amide bonds. The Morgan fingerprint density at radius 3 is 2.78 bits per heavy atom. The number of hydrogen-bond acceptors (Lipinski definition) is 7. The summed E-state index contributed by atoms with van der Waals surface area (Å²) in [6.07, 6.45) is 1.45. The van der Waals surface area contributed by atoms with E-state index in [0.29, 0.717) is 10.8 Å². The highest BCUT2D eigenvalue weighted by Gasteiger charge is 2.12. The molecule has 0 saturated carbocycles. The smallest absolute Gasteiger partial charge is 0.291 e. The Bertz CT molecular complexity index is 1220. The van der Waals surface area contributed by atoms with Gasteiger partial charge in [-0.25, -0.2) is 4.98 Å². The van der Waals surface area contributed by atoms with Crippen LogP contribution in [0.1, 0.15) is 10.6 Å². The maximum absolute atomic E-state index is 12.4.